The summed E-state index contributed by atoms with van der Waals surface area (Å²) in [6.07, 6.45) is 0. The first kappa shape index (κ1) is 9.40. The van der Waals surface area contributed by atoms with E-state index in [0.29, 0.717) is 5.69 Å². The van der Waals surface area contributed by atoms with Gasteiger partial charge in [-0.25, -0.2) is 0 Å². The van der Waals surface area contributed by atoms with E-state index in [2.05, 4.69) is 0 Å². The van der Waals surface area contributed by atoms with Gasteiger partial charge in [0, 0.05) is 11.8 Å². The number of hydrogen-bond donors (Lipinski definition) is 3. The first-order chi connectivity index (χ1) is 7.15. The van der Waals surface area contributed by atoms with Crippen molar-refractivity contribution in [2.24, 2.45) is 0 Å². The molecule has 0 aliphatic carbocycles. The summed E-state index contributed by atoms with van der Waals surface area (Å²) in [6.45, 7) is 0. The van der Waals surface area contributed by atoms with E-state index in [0.717, 1.165) is 11.1 Å². The number of anilines is 1. The highest BCUT2D eigenvalue weighted by atomic mass is 16.3. The van der Waals surface area contributed by atoms with Gasteiger partial charge in [-0.3, -0.25) is 0 Å². The normalized spacial score (nSPS) is 10.1. The highest BCUT2D eigenvalue weighted by Gasteiger charge is 2.01. The van der Waals surface area contributed by atoms with Gasteiger partial charge in [-0.2, -0.15) is 0 Å². The van der Waals surface area contributed by atoms with Crippen molar-refractivity contribution in [3.8, 4) is 22.6 Å². The predicted molar refractivity (Wildman–Crippen MR) is 59.6 cm³/mol. The molecule has 0 fully saturated rings. The molecule has 76 valence electrons. The fraction of sp³-hybridized carbons (Fsp3) is 0. The van der Waals surface area contributed by atoms with Crippen molar-refractivity contribution >= 4 is 5.69 Å². The van der Waals surface area contributed by atoms with Gasteiger partial charge in [0.15, 0.2) is 0 Å². The van der Waals surface area contributed by atoms with Crippen LogP contribution in [0.4, 0.5) is 5.69 Å². The van der Waals surface area contributed by atoms with Crippen molar-refractivity contribution in [2.75, 3.05) is 5.73 Å². The summed E-state index contributed by atoms with van der Waals surface area (Å²) in [5.74, 6) is 0.0867. The number of phenolic OH excluding ortho intramolecular Hbond substituents is 2. The molecular formula is C12H11NO2. The molecule has 3 heteroatoms. The maximum atomic E-state index is 9.33. The van der Waals surface area contributed by atoms with Crippen molar-refractivity contribution in [3.05, 3.63) is 42.5 Å². The Bertz CT molecular complexity index is 457. The molecular weight excluding hydrogens is 190 g/mol. The Morgan fingerprint density at radius 2 is 1.27 bits per heavy atom. The van der Waals surface area contributed by atoms with Gasteiger partial charge in [-0.05, 0) is 35.4 Å². The molecule has 0 aliphatic heterocycles. The van der Waals surface area contributed by atoms with E-state index in [1.165, 1.54) is 6.07 Å². The molecule has 0 saturated heterocycles. The lowest BCUT2D eigenvalue weighted by Gasteiger charge is -2.04. The highest BCUT2D eigenvalue weighted by molar-refractivity contribution is 5.68. The highest BCUT2D eigenvalue weighted by Crippen LogP contribution is 2.28. The lowest BCUT2D eigenvalue weighted by molar-refractivity contribution is 0.451. The second-order valence-corrected chi connectivity index (χ2v) is 3.36. The van der Waals surface area contributed by atoms with Gasteiger partial charge in [-0.1, -0.05) is 12.1 Å². The first-order valence-corrected chi connectivity index (χ1v) is 4.54. The number of phenols is 2. The smallest absolute Gasteiger partial charge is 0.119 e. The molecule has 15 heavy (non-hydrogen) atoms. The Morgan fingerprint density at radius 3 is 1.80 bits per heavy atom. The monoisotopic (exact) mass is 201 g/mol. The van der Waals surface area contributed by atoms with E-state index in [1.54, 1.807) is 24.3 Å². The third-order valence-electron chi connectivity index (χ3n) is 2.15. The summed E-state index contributed by atoms with van der Waals surface area (Å²) in [7, 11) is 0. The quantitative estimate of drug-likeness (QED) is 0.620. The van der Waals surface area contributed by atoms with E-state index < -0.39 is 0 Å². The number of benzene rings is 2. The van der Waals surface area contributed by atoms with Crippen LogP contribution in [0.25, 0.3) is 11.1 Å². The summed E-state index contributed by atoms with van der Waals surface area (Å²) >= 11 is 0. The van der Waals surface area contributed by atoms with Gasteiger partial charge in [0.2, 0.25) is 0 Å². The zero-order chi connectivity index (χ0) is 10.8. The average Bonchev–Trinajstić information content (AvgIpc) is 2.17. The summed E-state index contributed by atoms with van der Waals surface area (Å²) < 4.78 is 0. The molecule has 0 spiro atoms. The SMILES string of the molecule is Nc1ccc(-c2cc(O)cc(O)c2)cc1. The van der Waals surface area contributed by atoms with Crippen molar-refractivity contribution in [1.29, 1.82) is 0 Å². The minimum Gasteiger partial charge on any atom is -0.508 e. The topological polar surface area (TPSA) is 66.5 Å². The Morgan fingerprint density at radius 1 is 0.733 bits per heavy atom. The van der Waals surface area contributed by atoms with Crippen molar-refractivity contribution in [3.63, 3.8) is 0 Å². The van der Waals surface area contributed by atoms with Gasteiger partial charge in [-0.15, -0.1) is 0 Å². The molecule has 2 rings (SSSR count). The van der Waals surface area contributed by atoms with Crippen LogP contribution in [-0.4, -0.2) is 10.2 Å². The Labute approximate surface area is 87.4 Å². The lowest BCUT2D eigenvalue weighted by Crippen LogP contribution is -1.83. The van der Waals surface area contributed by atoms with Crippen LogP contribution in [0.15, 0.2) is 42.5 Å². The van der Waals surface area contributed by atoms with Gasteiger partial charge in [0.1, 0.15) is 11.5 Å². The third-order valence-corrected chi connectivity index (χ3v) is 2.15. The van der Waals surface area contributed by atoms with Gasteiger partial charge >= 0.3 is 0 Å². The summed E-state index contributed by atoms with van der Waals surface area (Å²) in [6, 6.07) is 11.7. The minimum absolute atomic E-state index is 0.0434. The molecule has 0 unspecified atom stereocenters. The molecule has 0 heterocycles. The lowest BCUT2D eigenvalue weighted by atomic mass is 10.0. The molecule has 3 nitrogen and oxygen atoms in total. The molecule has 0 radical (unpaired) electrons. The van der Waals surface area contributed by atoms with E-state index in [9.17, 15) is 10.2 Å². The molecule has 2 aromatic rings. The van der Waals surface area contributed by atoms with Gasteiger partial charge in [0.25, 0.3) is 0 Å². The van der Waals surface area contributed by atoms with E-state index in [4.69, 9.17) is 5.73 Å². The van der Waals surface area contributed by atoms with Crippen LogP contribution in [-0.2, 0) is 0 Å². The van der Waals surface area contributed by atoms with Crippen LogP contribution in [0, 0.1) is 0 Å². The van der Waals surface area contributed by atoms with Crippen LogP contribution in [0.5, 0.6) is 11.5 Å². The largest absolute Gasteiger partial charge is 0.508 e. The fourth-order valence-electron chi connectivity index (χ4n) is 1.44. The zero-order valence-electron chi connectivity index (χ0n) is 8.01. The average molecular weight is 201 g/mol. The van der Waals surface area contributed by atoms with Crippen LogP contribution in [0.2, 0.25) is 0 Å². The molecule has 2 aromatic carbocycles. The fourth-order valence-corrected chi connectivity index (χ4v) is 1.44. The van der Waals surface area contributed by atoms with Crippen molar-refractivity contribution in [2.45, 2.75) is 0 Å². The van der Waals surface area contributed by atoms with Crippen LogP contribution >= 0.6 is 0 Å². The summed E-state index contributed by atoms with van der Waals surface area (Å²) in [4.78, 5) is 0. The number of aromatic hydroxyl groups is 2. The van der Waals surface area contributed by atoms with Crippen molar-refractivity contribution in [1.82, 2.24) is 0 Å². The Hall–Kier alpha value is -2.16. The first-order valence-electron chi connectivity index (χ1n) is 4.54. The van der Waals surface area contributed by atoms with Crippen LogP contribution in [0.3, 0.4) is 0 Å². The molecule has 0 amide bonds. The Kier molecular flexibility index (Phi) is 2.21. The number of hydrogen-bond acceptors (Lipinski definition) is 3. The minimum atomic E-state index is 0.0434. The maximum Gasteiger partial charge on any atom is 0.119 e. The Balaban J connectivity index is 2.49. The number of nitrogen functional groups attached to an aromatic ring is 1. The van der Waals surface area contributed by atoms with Crippen LogP contribution in [0.1, 0.15) is 0 Å². The number of nitrogens with two attached hydrogens (primary N) is 1. The van der Waals surface area contributed by atoms with Gasteiger partial charge < -0.3 is 15.9 Å². The summed E-state index contributed by atoms with van der Waals surface area (Å²) in [5.41, 5.74) is 7.90. The molecule has 0 aliphatic rings. The zero-order valence-corrected chi connectivity index (χ0v) is 8.01. The van der Waals surface area contributed by atoms with E-state index >= 15 is 0 Å². The summed E-state index contributed by atoms with van der Waals surface area (Å²) in [5, 5.41) is 18.7. The third kappa shape index (κ3) is 2.02. The standard InChI is InChI=1S/C12H11NO2/c13-10-3-1-8(2-4-10)9-5-11(14)7-12(15)6-9/h1-7,14-15H,13H2. The van der Waals surface area contributed by atoms with E-state index in [-0.39, 0.29) is 11.5 Å². The van der Waals surface area contributed by atoms with Crippen molar-refractivity contribution < 1.29 is 10.2 Å². The molecule has 0 aromatic heterocycles. The number of rotatable bonds is 1. The maximum absolute atomic E-state index is 9.33. The molecule has 4 N–H and O–H groups in total. The molecule has 0 saturated carbocycles. The van der Waals surface area contributed by atoms with E-state index in [1.807, 2.05) is 12.1 Å². The second-order valence-electron chi connectivity index (χ2n) is 3.36. The second kappa shape index (κ2) is 3.53. The van der Waals surface area contributed by atoms with Gasteiger partial charge in [0.05, 0.1) is 0 Å². The molecule has 0 bridgehead atoms. The molecule has 0 atom stereocenters. The van der Waals surface area contributed by atoms with Crippen LogP contribution < -0.4 is 5.73 Å². The predicted octanol–water partition coefficient (Wildman–Crippen LogP) is 2.35.